The Hall–Kier alpha value is -2.19. The summed E-state index contributed by atoms with van der Waals surface area (Å²) in [6, 6.07) is 14.9. The molecule has 0 saturated heterocycles. The number of hydrogen-bond acceptors (Lipinski definition) is 5. The molecule has 1 aliphatic carbocycles. The molecule has 0 radical (unpaired) electrons. The second kappa shape index (κ2) is 7.57. The van der Waals surface area contributed by atoms with Crippen molar-refractivity contribution in [3.63, 3.8) is 0 Å². The largest absolute Gasteiger partial charge is 0.444 e. The van der Waals surface area contributed by atoms with Crippen molar-refractivity contribution in [3.05, 3.63) is 64.6 Å². The Morgan fingerprint density at radius 3 is 2.21 bits per heavy atom. The molecule has 0 aromatic heterocycles. The lowest BCUT2D eigenvalue weighted by Gasteiger charge is -2.22. The molecule has 3 atom stereocenters. The molecule has 1 fully saturated rings. The summed E-state index contributed by atoms with van der Waals surface area (Å²) in [5.74, 6) is -0.731. The van der Waals surface area contributed by atoms with Crippen LogP contribution in [0.2, 0.25) is 0 Å². The lowest BCUT2D eigenvalue weighted by molar-refractivity contribution is -0.110. The summed E-state index contributed by atoms with van der Waals surface area (Å²) in [6.45, 7) is 5.08. The number of ether oxygens (including phenoxy) is 1. The van der Waals surface area contributed by atoms with Gasteiger partial charge in [-0.2, -0.15) is 0 Å². The van der Waals surface area contributed by atoms with E-state index in [1.165, 1.54) is 12.1 Å². The molecule has 3 rings (SSSR count). The van der Waals surface area contributed by atoms with Crippen LogP contribution in [0.3, 0.4) is 0 Å². The van der Waals surface area contributed by atoms with E-state index in [-0.39, 0.29) is 4.90 Å². The topological polar surface area (TPSA) is 89.5 Å². The molecule has 0 unspecified atom stereocenters. The minimum Gasteiger partial charge on any atom is -0.444 e. The van der Waals surface area contributed by atoms with Gasteiger partial charge in [-0.3, -0.25) is 0 Å². The maximum Gasteiger partial charge on any atom is 0.408 e. The van der Waals surface area contributed by atoms with E-state index in [1.54, 1.807) is 63.2 Å². The van der Waals surface area contributed by atoms with Crippen molar-refractivity contribution >= 4 is 38.1 Å². The lowest BCUT2D eigenvalue weighted by atomic mass is 10.1. The minimum absolute atomic E-state index is 0.0989. The average Bonchev–Trinajstić information content (AvgIpc) is 3.31. The fourth-order valence-corrected chi connectivity index (χ4v) is 6.02. The molecule has 0 heterocycles. The van der Waals surface area contributed by atoms with Crippen molar-refractivity contribution in [1.29, 1.82) is 0 Å². The van der Waals surface area contributed by atoms with Crippen LogP contribution in [-0.4, -0.2) is 37.2 Å². The third kappa shape index (κ3) is 4.23. The zero-order valence-electron chi connectivity index (χ0n) is 16.3. The van der Waals surface area contributed by atoms with E-state index in [1.807, 2.05) is 0 Å². The number of nitrogens with one attached hydrogen (secondary N) is 1. The maximum absolute atomic E-state index is 13.3. The first kappa shape index (κ1) is 21.5. The van der Waals surface area contributed by atoms with Crippen LogP contribution in [0.1, 0.15) is 32.3 Å². The van der Waals surface area contributed by atoms with Crippen LogP contribution in [0.15, 0.2) is 64.0 Å². The molecular formula is C21H22BrNO5S. The Balaban J connectivity index is 2.04. The highest BCUT2D eigenvalue weighted by Crippen LogP contribution is 2.56. The van der Waals surface area contributed by atoms with Gasteiger partial charge in [0.2, 0.25) is 0 Å². The molecule has 1 aliphatic rings. The Kier molecular flexibility index (Phi) is 5.62. The molecule has 0 aliphatic heterocycles. The number of hydrogen-bond donors (Lipinski definition) is 1. The predicted molar refractivity (Wildman–Crippen MR) is 112 cm³/mol. The second-order valence-corrected chi connectivity index (χ2v) is 11.0. The van der Waals surface area contributed by atoms with Crippen LogP contribution in [-0.2, 0) is 19.4 Å². The third-order valence-corrected chi connectivity index (χ3v) is 7.52. The van der Waals surface area contributed by atoms with E-state index in [9.17, 15) is 18.0 Å². The van der Waals surface area contributed by atoms with Crippen LogP contribution >= 0.6 is 15.9 Å². The average molecular weight is 480 g/mol. The minimum atomic E-state index is -3.90. The highest BCUT2D eigenvalue weighted by atomic mass is 79.9. The number of aldehydes is 1. The summed E-state index contributed by atoms with van der Waals surface area (Å²) in [7, 11) is -3.90. The molecule has 8 heteroatoms. The van der Waals surface area contributed by atoms with Gasteiger partial charge in [0.1, 0.15) is 22.7 Å². The van der Waals surface area contributed by atoms with Crippen LogP contribution < -0.4 is 5.32 Å². The summed E-state index contributed by atoms with van der Waals surface area (Å²) in [5, 5.41) is 1.41. The van der Waals surface area contributed by atoms with Crippen molar-refractivity contribution in [1.82, 2.24) is 5.32 Å². The number of halogens is 1. The zero-order valence-corrected chi connectivity index (χ0v) is 18.7. The zero-order chi connectivity index (χ0) is 21.4. The lowest BCUT2D eigenvalue weighted by Crippen LogP contribution is -2.45. The first-order valence-electron chi connectivity index (χ1n) is 9.03. The van der Waals surface area contributed by atoms with Gasteiger partial charge in [0, 0.05) is 10.4 Å². The molecule has 1 saturated carbocycles. The van der Waals surface area contributed by atoms with Gasteiger partial charge >= 0.3 is 6.09 Å². The van der Waals surface area contributed by atoms with Crippen molar-refractivity contribution in [3.8, 4) is 0 Å². The summed E-state index contributed by atoms with van der Waals surface area (Å²) in [5.41, 5.74) is -1.75. The van der Waals surface area contributed by atoms with Crippen LogP contribution in [0.5, 0.6) is 0 Å². The SMILES string of the molecule is CC(C)(C)OC(=O)N[C@]1(C=O)[C@H](c2ccc(Br)cc2)[C@H]1S(=O)(=O)c1ccccc1. The smallest absolute Gasteiger partial charge is 0.408 e. The highest BCUT2D eigenvalue weighted by Gasteiger charge is 2.73. The molecule has 1 amide bonds. The van der Waals surface area contributed by atoms with E-state index < -0.39 is 38.2 Å². The fourth-order valence-electron chi connectivity index (χ4n) is 3.49. The van der Waals surface area contributed by atoms with Crippen LogP contribution in [0, 0.1) is 0 Å². The van der Waals surface area contributed by atoms with Crippen molar-refractivity contribution in [2.45, 2.75) is 48.0 Å². The quantitative estimate of drug-likeness (QED) is 0.657. The van der Waals surface area contributed by atoms with Gasteiger partial charge in [-0.05, 0) is 50.6 Å². The number of carbonyl (C=O) groups is 2. The summed E-state index contributed by atoms with van der Waals surface area (Å²) in [4.78, 5) is 24.7. The maximum atomic E-state index is 13.3. The molecular weight excluding hydrogens is 458 g/mol. The normalized spacial score (nSPS) is 23.9. The molecule has 2 aromatic carbocycles. The molecule has 0 bridgehead atoms. The predicted octanol–water partition coefficient (Wildman–Crippen LogP) is 3.85. The standard InChI is InChI=1S/C21H22BrNO5S/c1-20(2,3)28-19(25)23-21(13-24)17(14-9-11-15(22)12-10-14)18(21)29(26,27)16-7-5-4-6-8-16/h4-13,17-18H,1-3H3,(H,23,25)/t17-,18-,21-/m1/s1. The number of alkyl carbamates (subject to hydrolysis) is 1. The first-order chi connectivity index (χ1) is 13.5. The van der Waals surface area contributed by atoms with Gasteiger partial charge in [0.05, 0.1) is 4.90 Å². The van der Waals surface area contributed by atoms with E-state index in [4.69, 9.17) is 4.74 Å². The van der Waals surface area contributed by atoms with E-state index in [2.05, 4.69) is 21.2 Å². The number of amides is 1. The number of benzene rings is 2. The Labute approximate surface area is 178 Å². The van der Waals surface area contributed by atoms with Gasteiger partial charge in [-0.1, -0.05) is 46.3 Å². The van der Waals surface area contributed by atoms with Gasteiger partial charge < -0.3 is 14.8 Å². The number of rotatable bonds is 5. The molecule has 2 aromatic rings. The van der Waals surface area contributed by atoms with Gasteiger partial charge in [0.15, 0.2) is 9.84 Å². The van der Waals surface area contributed by atoms with Crippen molar-refractivity contribution < 1.29 is 22.7 Å². The number of sulfone groups is 1. The van der Waals surface area contributed by atoms with Gasteiger partial charge in [-0.15, -0.1) is 0 Å². The molecule has 6 nitrogen and oxygen atoms in total. The Morgan fingerprint density at radius 1 is 1.10 bits per heavy atom. The second-order valence-electron chi connectivity index (χ2n) is 7.99. The number of carbonyl (C=O) groups excluding carboxylic acids is 2. The highest BCUT2D eigenvalue weighted by molar-refractivity contribution is 9.10. The van der Waals surface area contributed by atoms with E-state index >= 15 is 0 Å². The Bertz CT molecular complexity index is 1020. The monoisotopic (exact) mass is 479 g/mol. The van der Waals surface area contributed by atoms with Gasteiger partial charge in [0.25, 0.3) is 0 Å². The Morgan fingerprint density at radius 2 is 1.69 bits per heavy atom. The summed E-state index contributed by atoms with van der Waals surface area (Å²) in [6.07, 6.45) is -0.327. The third-order valence-electron chi connectivity index (χ3n) is 4.73. The van der Waals surface area contributed by atoms with E-state index in [0.717, 1.165) is 4.47 Å². The molecule has 154 valence electrons. The fraction of sp³-hybridized carbons (Fsp3) is 0.333. The molecule has 29 heavy (non-hydrogen) atoms. The molecule has 0 spiro atoms. The van der Waals surface area contributed by atoms with Crippen molar-refractivity contribution in [2.24, 2.45) is 0 Å². The molecule has 1 N–H and O–H groups in total. The first-order valence-corrected chi connectivity index (χ1v) is 11.4. The van der Waals surface area contributed by atoms with E-state index in [0.29, 0.717) is 11.8 Å². The van der Waals surface area contributed by atoms with Gasteiger partial charge in [-0.25, -0.2) is 13.2 Å². The summed E-state index contributed by atoms with van der Waals surface area (Å²) < 4.78 is 32.7. The van der Waals surface area contributed by atoms with Crippen LogP contribution in [0.4, 0.5) is 4.79 Å². The van der Waals surface area contributed by atoms with Crippen molar-refractivity contribution in [2.75, 3.05) is 0 Å². The summed E-state index contributed by atoms with van der Waals surface area (Å²) >= 11 is 3.35. The van der Waals surface area contributed by atoms with Crippen LogP contribution in [0.25, 0.3) is 0 Å².